The summed E-state index contributed by atoms with van der Waals surface area (Å²) in [6, 6.07) is 3.84. The molecule has 0 fully saturated rings. The van der Waals surface area contributed by atoms with Gasteiger partial charge in [0.05, 0.1) is 23.5 Å². The first kappa shape index (κ1) is 11.9. The smallest absolute Gasteiger partial charge is 0.0772 e. The van der Waals surface area contributed by atoms with Crippen molar-refractivity contribution in [1.29, 1.82) is 0 Å². The lowest BCUT2D eigenvalue weighted by atomic mass is 10.0. The molecule has 0 radical (unpaired) electrons. The summed E-state index contributed by atoms with van der Waals surface area (Å²) in [4.78, 5) is 6.22. The van der Waals surface area contributed by atoms with Crippen molar-refractivity contribution in [3.8, 4) is 0 Å². The van der Waals surface area contributed by atoms with E-state index in [1.54, 1.807) is 6.20 Å². The van der Waals surface area contributed by atoms with Gasteiger partial charge in [-0.25, -0.2) is 0 Å². The van der Waals surface area contributed by atoms with Crippen LogP contribution < -0.4 is 10.6 Å². The van der Waals surface area contributed by atoms with Crippen molar-refractivity contribution < 1.29 is 5.11 Å². The maximum Gasteiger partial charge on any atom is 0.0772 e. The molecule has 1 rings (SSSR count). The molecule has 0 spiro atoms. The SMILES string of the molecule is CN(c1cccnc1CN)C(C)(C)CO. The number of hydrogen-bond donors (Lipinski definition) is 2. The standard InChI is InChI=1S/C11H19N3O/c1-11(2,8-15)14(3)10-5-4-6-13-9(10)7-12/h4-6,15H,7-8,12H2,1-3H3. The van der Waals surface area contributed by atoms with Crippen molar-refractivity contribution in [2.45, 2.75) is 25.9 Å². The number of nitrogens with zero attached hydrogens (tertiary/aromatic N) is 2. The van der Waals surface area contributed by atoms with E-state index < -0.39 is 0 Å². The summed E-state index contributed by atoms with van der Waals surface area (Å²) in [6.45, 7) is 4.44. The third kappa shape index (κ3) is 2.46. The monoisotopic (exact) mass is 209 g/mol. The number of rotatable bonds is 4. The topological polar surface area (TPSA) is 62.4 Å². The van der Waals surface area contributed by atoms with Crippen LogP contribution in [-0.4, -0.2) is 29.3 Å². The average Bonchev–Trinajstić information content (AvgIpc) is 2.28. The lowest BCUT2D eigenvalue weighted by Gasteiger charge is -2.36. The van der Waals surface area contributed by atoms with Crippen LogP contribution in [0.4, 0.5) is 5.69 Å². The minimum atomic E-state index is -0.313. The minimum absolute atomic E-state index is 0.0857. The molecule has 3 N–H and O–H groups in total. The second-order valence-corrected chi connectivity index (χ2v) is 4.20. The van der Waals surface area contributed by atoms with Crippen molar-refractivity contribution in [2.24, 2.45) is 5.73 Å². The predicted octanol–water partition coefficient (Wildman–Crippen LogP) is 0.747. The molecule has 0 saturated heterocycles. The van der Waals surface area contributed by atoms with Crippen LogP contribution in [-0.2, 0) is 6.54 Å². The van der Waals surface area contributed by atoms with Crippen LogP contribution in [0.1, 0.15) is 19.5 Å². The van der Waals surface area contributed by atoms with Gasteiger partial charge in [-0.1, -0.05) is 0 Å². The summed E-state index contributed by atoms with van der Waals surface area (Å²) in [7, 11) is 1.94. The van der Waals surface area contributed by atoms with Gasteiger partial charge in [0.2, 0.25) is 0 Å². The van der Waals surface area contributed by atoms with Gasteiger partial charge >= 0.3 is 0 Å². The molecule has 0 aromatic carbocycles. The van der Waals surface area contributed by atoms with Crippen molar-refractivity contribution in [3.63, 3.8) is 0 Å². The Morgan fingerprint density at radius 2 is 2.20 bits per heavy atom. The zero-order valence-electron chi connectivity index (χ0n) is 9.57. The van der Waals surface area contributed by atoms with E-state index in [0.29, 0.717) is 6.54 Å². The van der Waals surface area contributed by atoms with Gasteiger partial charge in [-0.2, -0.15) is 0 Å². The highest BCUT2D eigenvalue weighted by Gasteiger charge is 2.24. The molecule has 84 valence electrons. The Morgan fingerprint density at radius 1 is 1.53 bits per heavy atom. The quantitative estimate of drug-likeness (QED) is 0.768. The number of aliphatic hydroxyl groups is 1. The molecule has 0 aliphatic heterocycles. The van der Waals surface area contributed by atoms with Gasteiger partial charge < -0.3 is 15.7 Å². The van der Waals surface area contributed by atoms with Crippen LogP contribution >= 0.6 is 0 Å². The number of aromatic nitrogens is 1. The molecular weight excluding hydrogens is 190 g/mol. The Kier molecular flexibility index (Phi) is 3.66. The molecule has 0 atom stereocenters. The van der Waals surface area contributed by atoms with E-state index in [4.69, 9.17) is 5.73 Å². The summed E-state index contributed by atoms with van der Waals surface area (Å²) < 4.78 is 0. The zero-order chi connectivity index (χ0) is 11.5. The Labute approximate surface area is 90.7 Å². The van der Waals surface area contributed by atoms with Gasteiger partial charge in [0.25, 0.3) is 0 Å². The molecule has 0 aliphatic carbocycles. The van der Waals surface area contributed by atoms with E-state index in [0.717, 1.165) is 11.4 Å². The number of aliphatic hydroxyl groups excluding tert-OH is 1. The van der Waals surface area contributed by atoms with Crippen LogP contribution in [0, 0.1) is 0 Å². The van der Waals surface area contributed by atoms with Crippen molar-refractivity contribution in [3.05, 3.63) is 24.0 Å². The lowest BCUT2D eigenvalue weighted by molar-refractivity contribution is 0.216. The number of nitrogens with two attached hydrogens (primary N) is 1. The fraction of sp³-hybridized carbons (Fsp3) is 0.545. The molecule has 1 heterocycles. The molecule has 4 heteroatoms. The second-order valence-electron chi connectivity index (χ2n) is 4.20. The summed E-state index contributed by atoms with van der Waals surface area (Å²) >= 11 is 0. The Balaban J connectivity index is 3.05. The van der Waals surface area contributed by atoms with Crippen LogP contribution in [0.15, 0.2) is 18.3 Å². The number of hydrogen-bond acceptors (Lipinski definition) is 4. The average molecular weight is 209 g/mol. The van der Waals surface area contributed by atoms with Crippen LogP contribution in [0.25, 0.3) is 0 Å². The zero-order valence-corrected chi connectivity index (χ0v) is 9.57. The van der Waals surface area contributed by atoms with Gasteiger partial charge in [0.15, 0.2) is 0 Å². The second kappa shape index (κ2) is 4.59. The first-order valence-corrected chi connectivity index (χ1v) is 5.01. The van der Waals surface area contributed by atoms with Crippen molar-refractivity contribution >= 4 is 5.69 Å². The molecule has 1 aromatic rings. The minimum Gasteiger partial charge on any atom is -0.394 e. The van der Waals surface area contributed by atoms with Gasteiger partial charge in [-0.3, -0.25) is 4.98 Å². The van der Waals surface area contributed by atoms with E-state index in [-0.39, 0.29) is 12.1 Å². The van der Waals surface area contributed by atoms with Crippen molar-refractivity contribution in [2.75, 3.05) is 18.6 Å². The van der Waals surface area contributed by atoms with Crippen LogP contribution in [0.2, 0.25) is 0 Å². The number of anilines is 1. The Hall–Kier alpha value is -1.13. The highest BCUT2D eigenvalue weighted by Crippen LogP contribution is 2.23. The summed E-state index contributed by atoms with van der Waals surface area (Å²) in [5.74, 6) is 0. The van der Waals surface area contributed by atoms with E-state index in [2.05, 4.69) is 4.98 Å². The van der Waals surface area contributed by atoms with Gasteiger partial charge in [-0.15, -0.1) is 0 Å². The van der Waals surface area contributed by atoms with Gasteiger partial charge in [0.1, 0.15) is 0 Å². The van der Waals surface area contributed by atoms with E-state index >= 15 is 0 Å². The van der Waals surface area contributed by atoms with Gasteiger partial charge in [0, 0.05) is 19.8 Å². The highest BCUT2D eigenvalue weighted by atomic mass is 16.3. The molecule has 0 bridgehead atoms. The summed E-state index contributed by atoms with van der Waals surface area (Å²) in [5.41, 5.74) is 7.13. The molecule has 0 aliphatic rings. The molecule has 0 unspecified atom stereocenters. The number of likely N-dealkylation sites (N-methyl/N-ethyl adjacent to an activating group) is 1. The van der Waals surface area contributed by atoms with Crippen LogP contribution in [0.3, 0.4) is 0 Å². The molecule has 4 nitrogen and oxygen atoms in total. The van der Waals surface area contributed by atoms with Crippen LogP contribution in [0.5, 0.6) is 0 Å². The first-order chi connectivity index (χ1) is 7.03. The van der Waals surface area contributed by atoms with Crippen molar-refractivity contribution in [1.82, 2.24) is 4.98 Å². The van der Waals surface area contributed by atoms with E-state index in [9.17, 15) is 5.11 Å². The molecule has 1 aromatic heterocycles. The first-order valence-electron chi connectivity index (χ1n) is 5.01. The molecule has 0 amide bonds. The normalized spacial score (nSPS) is 11.5. The van der Waals surface area contributed by atoms with Gasteiger partial charge in [-0.05, 0) is 26.0 Å². The Bertz CT molecular complexity index is 325. The molecular formula is C11H19N3O. The lowest BCUT2D eigenvalue weighted by Crippen LogP contribution is -2.45. The largest absolute Gasteiger partial charge is 0.394 e. The highest BCUT2D eigenvalue weighted by molar-refractivity contribution is 5.51. The Morgan fingerprint density at radius 3 is 2.73 bits per heavy atom. The maximum absolute atomic E-state index is 9.30. The van der Waals surface area contributed by atoms with E-state index in [1.165, 1.54) is 0 Å². The fourth-order valence-corrected chi connectivity index (χ4v) is 1.32. The molecule has 15 heavy (non-hydrogen) atoms. The predicted molar refractivity (Wildman–Crippen MR) is 61.7 cm³/mol. The third-order valence-corrected chi connectivity index (χ3v) is 2.72. The fourth-order valence-electron chi connectivity index (χ4n) is 1.32. The maximum atomic E-state index is 9.30. The summed E-state index contributed by atoms with van der Waals surface area (Å²) in [6.07, 6.45) is 1.73. The number of pyridine rings is 1. The van der Waals surface area contributed by atoms with E-state index in [1.807, 2.05) is 37.9 Å². The molecule has 0 saturated carbocycles. The summed E-state index contributed by atoms with van der Waals surface area (Å²) in [5, 5.41) is 9.30. The third-order valence-electron chi connectivity index (χ3n) is 2.72.